The molecule has 0 radical (unpaired) electrons. The molecular formula is C19H22N2O6. The van der Waals surface area contributed by atoms with Gasteiger partial charge in [-0.1, -0.05) is 18.2 Å². The molecule has 1 aromatic rings. The van der Waals surface area contributed by atoms with Crippen molar-refractivity contribution in [2.75, 3.05) is 7.11 Å². The van der Waals surface area contributed by atoms with Gasteiger partial charge in [-0.05, 0) is 27.7 Å². The van der Waals surface area contributed by atoms with Gasteiger partial charge >= 0.3 is 11.9 Å². The number of hydrogen-bond donors (Lipinski definition) is 1. The molecule has 0 bridgehead atoms. The molecule has 8 nitrogen and oxygen atoms in total. The normalized spacial score (nSPS) is 16.9. The Labute approximate surface area is 157 Å². The van der Waals surface area contributed by atoms with Crippen molar-refractivity contribution in [2.24, 2.45) is 0 Å². The Morgan fingerprint density at radius 2 is 1.67 bits per heavy atom. The summed E-state index contributed by atoms with van der Waals surface area (Å²) < 4.78 is 10.2. The number of carbonyl (C=O) groups is 2. The molecule has 1 aliphatic rings. The predicted molar refractivity (Wildman–Crippen MR) is 97.6 cm³/mol. The Hall–Kier alpha value is -3.16. The summed E-state index contributed by atoms with van der Waals surface area (Å²) in [7, 11) is 1.22. The Morgan fingerprint density at radius 1 is 1.11 bits per heavy atom. The van der Waals surface area contributed by atoms with Crippen molar-refractivity contribution in [3.8, 4) is 0 Å². The standard InChI is InChI=1S/C19H22N2O6/c1-10(2)27-19(23)16-12(4)20-11(3)15(18(22)26-5)17(16)13-8-6-7-9-14(13)21(24)25/h6-10,17,20H,1-5H3/t17-/m1/s1. The van der Waals surface area contributed by atoms with Crippen LogP contribution >= 0.6 is 0 Å². The summed E-state index contributed by atoms with van der Waals surface area (Å²) in [5, 5.41) is 14.5. The molecule has 0 amide bonds. The number of allylic oxidation sites excluding steroid dienone is 2. The monoisotopic (exact) mass is 374 g/mol. The summed E-state index contributed by atoms with van der Waals surface area (Å²) >= 11 is 0. The number of para-hydroxylation sites is 1. The van der Waals surface area contributed by atoms with Crippen LogP contribution in [0.4, 0.5) is 5.69 Å². The second-order valence-corrected chi connectivity index (χ2v) is 6.40. The van der Waals surface area contributed by atoms with Gasteiger partial charge in [0.2, 0.25) is 0 Å². The summed E-state index contributed by atoms with van der Waals surface area (Å²) in [6.07, 6.45) is -0.391. The second-order valence-electron chi connectivity index (χ2n) is 6.40. The van der Waals surface area contributed by atoms with Crippen LogP contribution in [0.3, 0.4) is 0 Å². The zero-order valence-electron chi connectivity index (χ0n) is 15.9. The molecule has 0 aliphatic carbocycles. The fourth-order valence-electron chi connectivity index (χ4n) is 3.13. The molecule has 0 spiro atoms. The van der Waals surface area contributed by atoms with Gasteiger partial charge < -0.3 is 14.8 Å². The molecule has 1 N–H and O–H groups in total. The van der Waals surface area contributed by atoms with Gasteiger partial charge in [0, 0.05) is 23.0 Å². The third-order valence-electron chi connectivity index (χ3n) is 4.17. The third-order valence-corrected chi connectivity index (χ3v) is 4.17. The lowest BCUT2D eigenvalue weighted by Gasteiger charge is -2.30. The number of ether oxygens (including phenoxy) is 2. The smallest absolute Gasteiger partial charge is 0.337 e. The summed E-state index contributed by atoms with van der Waals surface area (Å²) in [5.74, 6) is -2.30. The van der Waals surface area contributed by atoms with E-state index < -0.39 is 28.9 Å². The van der Waals surface area contributed by atoms with Crippen LogP contribution in [0, 0.1) is 10.1 Å². The van der Waals surface area contributed by atoms with Crippen LogP contribution in [0.1, 0.15) is 39.2 Å². The number of nitrogens with zero attached hydrogens (tertiary/aromatic N) is 1. The molecule has 0 unspecified atom stereocenters. The van der Waals surface area contributed by atoms with E-state index in [0.29, 0.717) is 11.4 Å². The Balaban J connectivity index is 2.76. The molecule has 2 rings (SSSR count). The molecule has 1 aliphatic heterocycles. The number of rotatable bonds is 5. The molecule has 144 valence electrons. The first-order chi connectivity index (χ1) is 12.7. The van der Waals surface area contributed by atoms with E-state index in [-0.39, 0.29) is 22.4 Å². The fourth-order valence-corrected chi connectivity index (χ4v) is 3.13. The van der Waals surface area contributed by atoms with Crippen molar-refractivity contribution >= 4 is 17.6 Å². The number of dihydropyridines is 1. The average molecular weight is 374 g/mol. The molecule has 8 heteroatoms. The van der Waals surface area contributed by atoms with Crippen LogP contribution < -0.4 is 5.32 Å². The zero-order chi connectivity index (χ0) is 20.3. The molecule has 1 heterocycles. The van der Waals surface area contributed by atoms with Gasteiger partial charge in [-0.2, -0.15) is 0 Å². The van der Waals surface area contributed by atoms with Crippen LogP contribution in [-0.2, 0) is 19.1 Å². The molecule has 0 aromatic heterocycles. The highest BCUT2D eigenvalue weighted by Gasteiger charge is 2.40. The summed E-state index contributed by atoms with van der Waals surface area (Å²) in [6, 6.07) is 6.01. The molecular weight excluding hydrogens is 352 g/mol. The highest BCUT2D eigenvalue weighted by Crippen LogP contribution is 2.42. The summed E-state index contributed by atoms with van der Waals surface area (Å²) in [4.78, 5) is 36.3. The zero-order valence-corrected chi connectivity index (χ0v) is 15.9. The topological polar surface area (TPSA) is 108 Å². The number of esters is 2. The van der Waals surface area contributed by atoms with E-state index >= 15 is 0 Å². The van der Waals surface area contributed by atoms with E-state index in [2.05, 4.69) is 5.32 Å². The van der Waals surface area contributed by atoms with Gasteiger partial charge in [0.25, 0.3) is 5.69 Å². The minimum Gasteiger partial charge on any atom is -0.466 e. The number of hydrogen-bond acceptors (Lipinski definition) is 7. The maximum Gasteiger partial charge on any atom is 0.337 e. The van der Waals surface area contributed by atoms with Crippen LogP contribution in [0.25, 0.3) is 0 Å². The van der Waals surface area contributed by atoms with Crippen LogP contribution in [-0.4, -0.2) is 30.1 Å². The van der Waals surface area contributed by atoms with Crippen molar-refractivity contribution in [1.82, 2.24) is 5.32 Å². The number of methoxy groups -OCH3 is 1. The maximum absolute atomic E-state index is 12.8. The van der Waals surface area contributed by atoms with Gasteiger partial charge in [0.1, 0.15) is 0 Å². The highest BCUT2D eigenvalue weighted by atomic mass is 16.6. The van der Waals surface area contributed by atoms with Crippen molar-refractivity contribution in [3.05, 3.63) is 62.5 Å². The largest absolute Gasteiger partial charge is 0.466 e. The Kier molecular flexibility index (Phi) is 5.99. The van der Waals surface area contributed by atoms with Crippen LogP contribution in [0.2, 0.25) is 0 Å². The average Bonchev–Trinajstić information content (AvgIpc) is 2.59. The van der Waals surface area contributed by atoms with Crippen molar-refractivity contribution < 1.29 is 24.0 Å². The SMILES string of the molecule is COC(=O)C1=C(C)NC(C)=C(C(=O)OC(C)C)[C@@H]1c1ccccc1[N+](=O)[O-]. The molecule has 27 heavy (non-hydrogen) atoms. The van der Waals surface area contributed by atoms with E-state index in [4.69, 9.17) is 9.47 Å². The molecule has 0 fully saturated rings. The Morgan fingerprint density at radius 3 is 2.19 bits per heavy atom. The van der Waals surface area contributed by atoms with Crippen LogP contribution in [0.15, 0.2) is 46.8 Å². The second kappa shape index (κ2) is 8.03. The number of nitro groups is 1. The number of benzene rings is 1. The van der Waals surface area contributed by atoms with Crippen molar-refractivity contribution in [1.29, 1.82) is 0 Å². The summed E-state index contributed by atoms with van der Waals surface area (Å²) in [6.45, 7) is 6.72. The van der Waals surface area contributed by atoms with Crippen molar-refractivity contribution in [2.45, 2.75) is 39.7 Å². The van der Waals surface area contributed by atoms with E-state index in [9.17, 15) is 19.7 Å². The lowest BCUT2D eigenvalue weighted by molar-refractivity contribution is -0.385. The van der Waals surface area contributed by atoms with Gasteiger partial charge in [-0.3, -0.25) is 10.1 Å². The lowest BCUT2D eigenvalue weighted by Crippen LogP contribution is -2.33. The first-order valence-electron chi connectivity index (χ1n) is 8.40. The fraction of sp³-hybridized carbons (Fsp3) is 0.368. The number of nitrogens with one attached hydrogen (secondary N) is 1. The van der Waals surface area contributed by atoms with E-state index in [1.165, 1.54) is 25.3 Å². The predicted octanol–water partition coefficient (Wildman–Crippen LogP) is 2.95. The van der Waals surface area contributed by atoms with Gasteiger partial charge in [-0.25, -0.2) is 9.59 Å². The quantitative estimate of drug-likeness (QED) is 0.479. The number of nitro benzene ring substituents is 1. The van der Waals surface area contributed by atoms with E-state index in [1.807, 2.05) is 0 Å². The molecule has 0 saturated heterocycles. The van der Waals surface area contributed by atoms with Gasteiger partial charge in [0.15, 0.2) is 0 Å². The first kappa shape index (κ1) is 20.2. The molecule has 1 atom stereocenters. The molecule has 1 aromatic carbocycles. The minimum absolute atomic E-state index is 0.133. The molecule has 0 saturated carbocycles. The highest BCUT2D eigenvalue weighted by molar-refractivity contribution is 6.00. The van der Waals surface area contributed by atoms with Crippen LogP contribution in [0.5, 0.6) is 0 Å². The first-order valence-corrected chi connectivity index (χ1v) is 8.40. The van der Waals surface area contributed by atoms with E-state index in [1.54, 1.807) is 33.8 Å². The summed E-state index contributed by atoms with van der Waals surface area (Å²) in [5.41, 5.74) is 1.23. The van der Waals surface area contributed by atoms with Crippen molar-refractivity contribution in [3.63, 3.8) is 0 Å². The Bertz CT molecular complexity index is 854. The third kappa shape index (κ3) is 3.99. The lowest BCUT2D eigenvalue weighted by atomic mass is 9.79. The van der Waals surface area contributed by atoms with Gasteiger partial charge in [0.05, 0.1) is 35.2 Å². The minimum atomic E-state index is -0.980. The van der Waals surface area contributed by atoms with E-state index in [0.717, 1.165) is 0 Å². The number of carbonyl (C=O) groups excluding carboxylic acids is 2. The maximum atomic E-state index is 12.8. The van der Waals surface area contributed by atoms with Gasteiger partial charge in [-0.15, -0.1) is 0 Å².